The van der Waals surface area contributed by atoms with Crippen LogP contribution in [0.1, 0.15) is 37.8 Å². The second kappa shape index (κ2) is 13.0. The van der Waals surface area contributed by atoms with Gasteiger partial charge in [0.05, 0.1) is 24.8 Å². The van der Waals surface area contributed by atoms with Gasteiger partial charge in [-0.25, -0.2) is 4.98 Å². The Hall–Kier alpha value is -2.85. The number of hydrogen-bond donors (Lipinski definition) is 1. The van der Waals surface area contributed by atoms with E-state index in [1.807, 2.05) is 44.2 Å². The van der Waals surface area contributed by atoms with Crippen LogP contribution >= 0.6 is 0 Å². The van der Waals surface area contributed by atoms with Crippen LogP contribution in [0.25, 0.3) is 11.3 Å². The molecule has 0 saturated heterocycles. The van der Waals surface area contributed by atoms with Gasteiger partial charge < -0.3 is 14.6 Å². The molecule has 8 heteroatoms. The summed E-state index contributed by atoms with van der Waals surface area (Å²) in [6.07, 6.45) is 0.0434. The molecule has 0 bridgehead atoms. The Morgan fingerprint density at radius 3 is 2.39 bits per heavy atom. The van der Waals surface area contributed by atoms with E-state index in [0.717, 1.165) is 11.1 Å². The van der Waals surface area contributed by atoms with Crippen LogP contribution in [0.4, 0.5) is 0 Å². The van der Waals surface area contributed by atoms with Crippen molar-refractivity contribution in [2.75, 3.05) is 13.2 Å². The topological polar surface area (TPSA) is 90.7 Å². The molecule has 3 rings (SSSR count). The summed E-state index contributed by atoms with van der Waals surface area (Å²) in [4.78, 5) is 28.4. The molecule has 0 aliphatic carbocycles. The van der Waals surface area contributed by atoms with Crippen molar-refractivity contribution in [2.24, 2.45) is 0 Å². The SMILES string of the molecule is CCOC(CC(=O)O)c1ccc(OCCn2c(CC)nc(-c3ccccc3)cc2=O)cc1.[LiH]. The van der Waals surface area contributed by atoms with Crippen LogP contribution in [-0.4, -0.2) is 52.7 Å². The molecular weight excluding hydrogens is 415 g/mol. The van der Waals surface area contributed by atoms with Crippen molar-refractivity contribution in [3.05, 3.63) is 82.4 Å². The molecule has 0 spiro atoms. The normalized spacial score (nSPS) is 11.5. The van der Waals surface area contributed by atoms with Crippen LogP contribution in [0.5, 0.6) is 5.75 Å². The molecule has 1 atom stereocenters. The van der Waals surface area contributed by atoms with Gasteiger partial charge >= 0.3 is 24.8 Å². The molecule has 0 aliphatic rings. The fourth-order valence-corrected chi connectivity index (χ4v) is 3.49. The third-order valence-electron chi connectivity index (χ3n) is 5.04. The first-order valence-electron chi connectivity index (χ1n) is 10.7. The van der Waals surface area contributed by atoms with Gasteiger partial charge in [-0.2, -0.15) is 0 Å². The monoisotopic (exact) mass is 444 g/mol. The molecule has 3 aromatic rings. The first-order valence-corrected chi connectivity index (χ1v) is 10.7. The predicted octanol–water partition coefficient (Wildman–Crippen LogP) is 3.46. The quantitative estimate of drug-likeness (QED) is 0.456. The van der Waals surface area contributed by atoms with Crippen molar-refractivity contribution < 1.29 is 19.4 Å². The van der Waals surface area contributed by atoms with Gasteiger partial charge in [0.2, 0.25) is 0 Å². The third kappa shape index (κ3) is 7.33. The maximum absolute atomic E-state index is 12.7. The van der Waals surface area contributed by atoms with Gasteiger partial charge in [0.1, 0.15) is 18.2 Å². The molecular formula is C25H29LiN2O5. The minimum absolute atomic E-state index is 0. The van der Waals surface area contributed by atoms with E-state index in [4.69, 9.17) is 14.6 Å². The second-order valence-electron chi connectivity index (χ2n) is 7.23. The standard InChI is InChI=1S/C25H28N2O5.Li.H/c1-3-23-26-21(18-8-6-5-7-9-18)16-24(28)27(23)14-15-32-20-12-10-19(11-13-20)22(31-4-2)17-25(29)30;;/h5-13,16,22H,3-4,14-15,17H2,1-2H3,(H,29,30);;. The summed E-state index contributed by atoms with van der Waals surface area (Å²) in [7, 11) is 0. The number of carboxylic acid groups (broad SMARTS) is 1. The van der Waals surface area contributed by atoms with Gasteiger partial charge in [-0.3, -0.25) is 14.2 Å². The van der Waals surface area contributed by atoms with Crippen LogP contribution in [0.15, 0.2) is 65.5 Å². The van der Waals surface area contributed by atoms with Crippen molar-refractivity contribution in [1.29, 1.82) is 0 Å². The van der Waals surface area contributed by atoms with Crippen LogP contribution < -0.4 is 10.3 Å². The van der Waals surface area contributed by atoms with E-state index in [1.54, 1.807) is 34.9 Å². The van der Waals surface area contributed by atoms with Crippen LogP contribution in [0.2, 0.25) is 0 Å². The molecule has 7 nitrogen and oxygen atoms in total. The van der Waals surface area contributed by atoms with Gasteiger partial charge in [-0.1, -0.05) is 49.4 Å². The van der Waals surface area contributed by atoms with Gasteiger partial charge in [0.25, 0.3) is 5.56 Å². The Kier molecular flexibility index (Phi) is 10.4. The summed E-state index contributed by atoms with van der Waals surface area (Å²) in [5.74, 6) is 0.440. The molecule has 2 aromatic carbocycles. The molecule has 0 radical (unpaired) electrons. The van der Waals surface area contributed by atoms with E-state index in [2.05, 4.69) is 4.98 Å². The predicted molar refractivity (Wildman–Crippen MR) is 129 cm³/mol. The summed E-state index contributed by atoms with van der Waals surface area (Å²) in [6, 6.07) is 18.4. The molecule has 0 fully saturated rings. The van der Waals surface area contributed by atoms with E-state index in [9.17, 15) is 9.59 Å². The zero-order chi connectivity index (χ0) is 22.9. The van der Waals surface area contributed by atoms with Crippen molar-refractivity contribution in [3.63, 3.8) is 0 Å². The summed E-state index contributed by atoms with van der Waals surface area (Å²) in [5, 5.41) is 9.06. The molecule has 1 aromatic heterocycles. The molecule has 1 unspecified atom stereocenters. The number of ether oxygens (including phenoxy) is 2. The van der Waals surface area contributed by atoms with Crippen molar-refractivity contribution >= 4 is 24.8 Å². The van der Waals surface area contributed by atoms with E-state index >= 15 is 0 Å². The van der Waals surface area contributed by atoms with Crippen molar-refractivity contribution in [3.8, 4) is 17.0 Å². The summed E-state index contributed by atoms with van der Waals surface area (Å²) in [5.41, 5.74) is 2.26. The van der Waals surface area contributed by atoms with Crippen LogP contribution in [0, 0.1) is 0 Å². The number of aromatic nitrogens is 2. The zero-order valence-electron chi connectivity index (χ0n) is 18.4. The Labute approximate surface area is 205 Å². The number of nitrogens with zero attached hydrogens (tertiary/aromatic N) is 2. The molecule has 0 saturated carbocycles. The summed E-state index contributed by atoms with van der Waals surface area (Å²) in [6.45, 7) is 4.93. The van der Waals surface area contributed by atoms with Crippen LogP contribution in [-0.2, 0) is 22.5 Å². The van der Waals surface area contributed by atoms with E-state index < -0.39 is 12.1 Å². The fraction of sp³-hybridized carbons (Fsp3) is 0.320. The number of aryl methyl sites for hydroxylation is 1. The third-order valence-corrected chi connectivity index (χ3v) is 5.04. The number of benzene rings is 2. The van der Waals surface area contributed by atoms with Crippen molar-refractivity contribution in [1.82, 2.24) is 9.55 Å². The van der Waals surface area contributed by atoms with Crippen LogP contribution in [0.3, 0.4) is 0 Å². The molecule has 1 N–H and O–H groups in total. The average molecular weight is 444 g/mol. The molecule has 0 amide bonds. The van der Waals surface area contributed by atoms with Gasteiger partial charge in [0, 0.05) is 24.7 Å². The number of carboxylic acids is 1. The van der Waals surface area contributed by atoms with Gasteiger partial charge in [0.15, 0.2) is 0 Å². The summed E-state index contributed by atoms with van der Waals surface area (Å²) < 4.78 is 13.0. The number of aliphatic carboxylic acids is 1. The minimum atomic E-state index is -0.909. The number of rotatable bonds is 11. The van der Waals surface area contributed by atoms with Gasteiger partial charge in [-0.05, 0) is 24.6 Å². The van der Waals surface area contributed by atoms with E-state index in [0.29, 0.717) is 43.4 Å². The second-order valence-corrected chi connectivity index (χ2v) is 7.23. The maximum atomic E-state index is 12.7. The summed E-state index contributed by atoms with van der Waals surface area (Å²) >= 11 is 0. The van der Waals surface area contributed by atoms with E-state index in [1.165, 1.54) is 0 Å². The first-order chi connectivity index (χ1) is 15.5. The molecule has 170 valence electrons. The molecule has 0 aliphatic heterocycles. The number of carbonyl (C=O) groups is 1. The van der Waals surface area contributed by atoms with E-state index in [-0.39, 0.29) is 30.8 Å². The fourth-order valence-electron chi connectivity index (χ4n) is 3.49. The van der Waals surface area contributed by atoms with Gasteiger partial charge in [-0.15, -0.1) is 0 Å². The first kappa shape index (κ1) is 26.4. The van der Waals surface area contributed by atoms with Crippen molar-refractivity contribution in [2.45, 2.75) is 39.3 Å². The Balaban J connectivity index is 0.00000385. The molecule has 33 heavy (non-hydrogen) atoms. The Morgan fingerprint density at radius 2 is 1.79 bits per heavy atom. The average Bonchev–Trinajstić information content (AvgIpc) is 2.80. The zero-order valence-corrected chi connectivity index (χ0v) is 18.4. The number of hydrogen-bond acceptors (Lipinski definition) is 5. The molecule has 1 heterocycles. The Bertz CT molecular complexity index is 1080. The Morgan fingerprint density at radius 1 is 1.09 bits per heavy atom.